The van der Waals surface area contributed by atoms with Crippen molar-refractivity contribution in [3.8, 4) is 0 Å². The third-order valence-corrected chi connectivity index (χ3v) is 4.17. The molecule has 1 aromatic rings. The second-order valence-electron chi connectivity index (χ2n) is 6.03. The number of ketones is 1. The first-order valence-electron chi connectivity index (χ1n) is 7.60. The molecule has 1 saturated carbocycles. The second kappa shape index (κ2) is 6.85. The molecule has 4 heteroatoms. The van der Waals surface area contributed by atoms with Crippen molar-refractivity contribution in [1.29, 1.82) is 0 Å². The molecular weight excluding hydrogens is 264 g/mol. The van der Waals surface area contributed by atoms with Crippen molar-refractivity contribution in [2.45, 2.75) is 45.6 Å². The van der Waals surface area contributed by atoms with Crippen molar-refractivity contribution in [3.05, 3.63) is 34.9 Å². The van der Waals surface area contributed by atoms with E-state index in [1.54, 1.807) is 0 Å². The van der Waals surface area contributed by atoms with Crippen LogP contribution in [0.4, 0.5) is 0 Å². The molecular formula is C17H24N2O2. The molecule has 0 bridgehead atoms. The monoisotopic (exact) mass is 288 g/mol. The van der Waals surface area contributed by atoms with Crippen molar-refractivity contribution >= 4 is 11.7 Å². The van der Waals surface area contributed by atoms with E-state index in [9.17, 15) is 9.59 Å². The number of benzene rings is 1. The maximum Gasteiger partial charge on any atom is 0.220 e. The molecule has 1 aliphatic rings. The summed E-state index contributed by atoms with van der Waals surface area (Å²) in [5.41, 5.74) is 8.87. The van der Waals surface area contributed by atoms with Gasteiger partial charge in [-0.1, -0.05) is 12.1 Å². The van der Waals surface area contributed by atoms with Gasteiger partial charge in [-0.05, 0) is 49.8 Å². The first-order valence-corrected chi connectivity index (χ1v) is 7.60. The number of Topliss-reactive ketones (excluding diaryl/α,β-unsaturated/α-hetero) is 1. The van der Waals surface area contributed by atoms with Crippen LogP contribution >= 0.6 is 0 Å². The number of hydrogen-bond acceptors (Lipinski definition) is 3. The summed E-state index contributed by atoms with van der Waals surface area (Å²) in [6.07, 6.45) is 2.81. The Labute approximate surface area is 126 Å². The number of carbonyl (C=O) groups is 2. The molecule has 114 valence electrons. The second-order valence-corrected chi connectivity index (χ2v) is 6.03. The van der Waals surface area contributed by atoms with Crippen LogP contribution in [-0.2, 0) is 4.79 Å². The summed E-state index contributed by atoms with van der Waals surface area (Å²) in [5, 5.41) is 2.81. The van der Waals surface area contributed by atoms with Crippen LogP contribution in [-0.4, -0.2) is 24.3 Å². The van der Waals surface area contributed by atoms with Gasteiger partial charge in [0.05, 0.1) is 0 Å². The minimum absolute atomic E-state index is 0.0136. The number of aryl methyl sites for hydroxylation is 2. The zero-order valence-corrected chi connectivity index (χ0v) is 12.8. The lowest BCUT2D eigenvalue weighted by Crippen LogP contribution is -2.38. The topological polar surface area (TPSA) is 72.2 Å². The minimum atomic E-state index is -0.0942. The van der Waals surface area contributed by atoms with E-state index in [1.807, 2.05) is 32.0 Å². The first-order chi connectivity index (χ1) is 9.97. The highest BCUT2D eigenvalue weighted by molar-refractivity contribution is 5.98. The minimum Gasteiger partial charge on any atom is -0.355 e. The fourth-order valence-electron chi connectivity index (χ4n) is 2.30. The summed E-state index contributed by atoms with van der Waals surface area (Å²) in [5.74, 6) is 0.491. The van der Waals surface area contributed by atoms with Gasteiger partial charge in [0.2, 0.25) is 5.91 Å². The van der Waals surface area contributed by atoms with Gasteiger partial charge in [-0.2, -0.15) is 0 Å². The number of amides is 1. The van der Waals surface area contributed by atoms with E-state index in [0.29, 0.717) is 18.0 Å². The smallest absolute Gasteiger partial charge is 0.220 e. The van der Waals surface area contributed by atoms with Crippen molar-refractivity contribution < 1.29 is 9.59 Å². The van der Waals surface area contributed by atoms with Gasteiger partial charge >= 0.3 is 0 Å². The molecule has 1 aromatic carbocycles. The number of carbonyl (C=O) groups excluding carboxylic acids is 2. The molecule has 0 saturated heterocycles. The van der Waals surface area contributed by atoms with E-state index in [4.69, 9.17) is 5.73 Å². The fraction of sp³-hybridized carbons (Fsp3) is 0.529. The number of nitrogens with one attached hydrogen (secondary N) is 1. The lowest BCUT2D eigenvalue weighted by atomic mass is 10.0. The van der Waals surface area contributed by atoms with Crippen LogP contribution in [0.5, 0.6) is 0 Å². The summed E-state index contributed by atoms with van der Waals surface area (Å²) in [6, 6.07) is 5.71. The Balaban J connectivity index is 1.74. The third kappa shape index (κ3) is 4.67. The van der Waals surface area contributed by atoms with E-state index in [0.717, 1.165) is 5.56 Å². The molecule has 1 aliphatic carbocycles. The average Bonchev–Trinajstić information content (AvgIpc) is 3.29. The van der Waals surface area contributed by atoms with Crippen molar-refractivity contribution in [2.24, 2.45) is 11.7 Å². The van der Waals surface area contributed by atoms with Crippen molar-refractivity contribution in [1.82, 2.24) is 5.32 Å². The van der Waals surface area contributed by atoms with Gasteiger partial charge in [0.15, 0.2) is 5.78 Å². The normalized spacial score (nSPS) is 15.6. The van der Waals surface area contributed by atoms with E-state index in [-0.39, 0.29) is 30.6 Å². The van der Waals surface area contributed by atoms with E-state index in [1.165, 1.54) is 18.4 Å². The Morgan fingerprint density at radius 2 is 1.95 bits per heavy atom. The zero-order valence-electron chi connectivity index (χ0n) is 12.8. The van der Waals surface area contributed by atoms with Gasteiger partial charge in [0.1, 0.15) is 0 Å². The molecule has 0 spiro atoms. The predicted octanol–water partition coefficient (Wildman–Crippen LogP) is 2.12. The standard InChI is InChI=1S/C17H24N2O2/c1-11-3-4-14(9-12(11)2)16(20)7-8-17(21)19-10-15(18)13-5-6-13/h3-4,9,13,15H,5-8,10,18H2,1-2H3,(H,19,21). The number of hydrogen-bond donors (Lipinski definition) is 2. The van der Waals surface area contributed by atoms with Gasteiger partial charge < -0.3 is 11.1 Å². The van der Waals surface area contributed by atoms with Gasteiger partial charge in [-0.25, -0.2) is 0 Å². The van der Waals surface area contributed by atoms with Crippen molar-refractivity contribution in [2.75, 3.05) is 6.54 Å². The summed E-state index contributed by atoms with van der Waals surface area (Å²) < 4.78 is 0. The maximum atomic E-state index is 12.1. The molecule has 0 aliphatic heterocycles. The van der Waals surface area contributed by atoms with Gasteiger partial charge in [0.25, 0.3) is 0 Å². The van der Waals surface area contributed by atoms with E-state index in [2.05, 4.69) is 5.32 Å². The summed E-state index contributed by atoms with van der Waals surface area (Å²) in [6.45, 7) is 4.51. The summed E-state index contributed by atoms with van der Waals surface area (Å²) >= 11 is 0. The average molecular weight is 288 g/mol. The molecule has 1 amide bonds. The largest absolute Gasteiger partial charge is 0.355 e. The molecule has 0 aromatic heterocycles. The quantitative estimate of drug-likeness (QED) is 0.755. The molecule has 1 unspecified atom stereocenters. The Morgan fingerprint density at radius 3 is 2.57 bits per heavy atom. The highest BCUT2D eigenvalue weighted by Crippen LogP contribution is 2.31. The van der Waals surface area contributed by atoms with Crippen LogP contribution in [0, 0.1) is 19.8 Å². The van der Waals surface area contributed by atoms with E-state index < -0.39 is 0 Å². The highest BCUT2D eigenvalue weighted by Gasteiger charge is 2.28. The molecule has 3 N–H and O–H groups in total. The third-order valence-electron chi connectivity index (χ3n) is 4.17. The summed E-state index contributed by atoms with van der Waals surface area (Å²) in [7, 11) is 0. The van der Waals surface area contributed by atoms with Gasteiger partial charge in [0, 0.05) is 31.0 Å². The van der Waals surface area contributed by atoms with Crippen LogP contribution in [0.15, 0.2) is 18.2 Å². The predicted molar refractivity (Wildman–Crippen MR) is 83.2 cm³/mol. The zero-order chi connectivity index (χ0) is 15.4. The molecule has 1 atom stereocenters. The van der Waals surface area contributed by atoms with Crippen LogP contribution in [0.25, 0.3) is 0 Å². The highest BCUT2D eigenvalue weighted by atomic mass is 16.2. The molecule has 21 heavy (non-hydrogen) atoms. The number of nitrogens with two attached hydrogens (primary N) is 1. The molecule has 1 fully saturated rings. The molecule has 0 heterocycles. The van der Waals surface area contributed by atoms with E-state index >= 15 is 0 Å². The fourth-order valence-corrected chi connectivity index (χ4v) is 2.30. The lowest BCUT2D eigenvalue weighted by Gasteiger charge is -2.11. The molecule has 2 rings (SSSR count). The van der Waals surface area contributed by atoms with Crippen molar-refractivity contribution in [3.63, 3.8) is 0 Å². The van der Waals surface area contributed by atoms with Crippen LogP contribution in [0.1, 0.15) is 47.2 Å². The van der Waals surface area contributed by atoms with Crippen LogP contribution < -0.4 is 11.1 Å². The molecule has 0 radical (unpaired) electrons. The van der Waals surface area contributed by atoms with Crippen LogP contribution in [0.2, 0.25) is 0 Å². The lowest BCUT2D eigenvalue weighted by molar-refractivity contribution is -0.121. The van der Waals surface area contributed by atoms with Gasteiger partial charge in [-0.3, -0.25) is 9.59 Å². The Kier molecular flexibility index (Phi) is 5.12. The first kappa shape index (κ1) is 15.7. The Bertz CT molecular complexity index is 536. The van der Waals surface area contributed by atoms with Gasteiger partial charge in [-0.15, -0.1) is 0 Å². The number of rotatable bonds is 7. The van der Waals surface area contributed by atoms with Crippen LogP contribution in [0.3, 0.4) is 0 Å². The maximum absolute atomic E-state index is 12.1. The Hall–Kier alpha value is -1.68. The molecule has 4 nitrogen and oxygen atoms in total. The SMILES string of the molecule is Cc1ccc(C(=O)CCC(=O)NCC(N)C2CC2)cc1C. The summed E-state index contributed by atoms with van der Waals surface area (Å²) in [4.78, 5) is 23.8. The Morgan fingerprint density at radius 1 is 1.24 bits per heavy atom.